The van der Waals surface area contributed by atoms with Crippen molar-refractivity contribution in [2.24, 2.45) is 10.9 Å². The normalized spacial score (nSPS) is 21.6. The van der Waals surface area contributed by atoms with E-state index < -0.39 is 11.5 Å². The second-order valence-corrected chi connectivity index (χ2v) is 8.52. The molecule has 27 heavy (non-hydrogen) atoms. The van der Waals surface area contributed by atoms with E-state index in [0.717, 1.165) is 43.2 Å². The average Bonchev–Trinajstić information content (AvgIpc) is 2.91. The van der Waals surface area contributed by atoms with Crippen molar-refractivity contribution in [1.29, 1.82) is 0 Å². The molecule has 1 fully saturated rings. The van der Waals surface area contributed by atoms with Crippen molar-refractivity contribution >= 4 is 23.3 Å². The van der Waals surface area contributed by atoms with Gasteiger partial charge in [-0.15, -0.1) is 0 Å². The predicted molar refractivity (Wildman–Crippen MR) is 109 cm³/mol. The van der Waals surface area contributed by atoms with Gasteiger partial charge in [0, 0.05) is 10.6 Å². The maximum atomic E-state index is 13.7. The van der Waals surface area contributed by atoms with Gasteiger partial charge in [-0.25, -0.2) is 4.99 Å². The standard InChI is InChI=1S/C22H30ClNO3/c1-5-15-11-16(23)12-17(26-4)18(15)19-20(25)22(9-7-6-8-10-22)24-21(19)27-13-14(2)3/h11-12,14,19H,5-10,13H2,1-4H3. The van der Waals surface area contributed by atoms with Gasteiger partial charge in [-0.05, 0) is 42.9 Å². The van der Waals surface area contributed by atoms with Crippen LogP contribution in [0.5, 0.6) is 5.75 Å². The van der Waals surface area contributed by atoms with E-state index in [9.17, 15) is 4.79 Å². The van der Waals surface area contributed by atoms with Crippen LogP contribution in [0.25, 0.3) is 0 Å². The number of aryl methyl sites for hydroxylation is 1. The van der Waals surface area contributed by atoms with Gasteiger partial charge in [0.25, 0.3) is 0 Å². The van der Waals surface area contributed by atoms with Crippen molar-refractivity contribution in [3.05, 3.63) is 28.3 Å². The summed E-state index contributed by atoms with van der Waals surface area (Å²) in [5.41, 5.74) is 1.27. The van der Waals surface area contributed by atoms with Crippen LogP contribution in [0.3, 0.4) is 0 Å². The van der Waals surface area contributed by atoms with Gasteiger partial charge in [0.1, 0.15) is 17.2 Å². The molecule has 1 atom stereocenters. The fourth-order valence-electron chi connectivity index (χ4n) is 4.26. The van der Waals surface area contributed by atoms with E-state index in [0.29, 0.717) is 29.2 Å². The zero-order chi connectivity index (χ0) is 19.6. The van der Waals surface area contributed by atoms with Gasteiger partial charge in [-0.1, -0.05) is 51.6 Å². The first kappa shape index (κ1) is 20.2. The molecule has 2 aliphatic rings. The van der Waals surface area contributed by atoms with Crippen molar-refractivity contribution in [2.45, 2.75) is 70.8 Å². The van der Waals surface area contributed by atoms with E-state index in [1.165, 1.54) is 6.42 Å². The molecule has 1 aliphatic carbocycles. The molecule has 148 valence electrons. The third kappa shape index (κ3) is 3.87. The lowest BCUT2D eigenvalue weighted by molar-refractivity contribution is -0.124. The summed E-state index contributed by atoms with van der Waals surface area (Å²) >= 11 is 6.28. The summed E-state index contributed by atoms with van der Waals surface area (Å²) in [7, 11) is 1.62. The van der Waals surface area contributed by atoms with Gasteiger partial charge in [0.05, 0.1) is 13.7 Å². The summed E-state index contributed by atoms with van der Waals surface area (Å²) in [6.07, 6.45) is 5.64. The first-order valence-electron chi connectivity index (χ1n) is 10.0. The maximum Gasteiger partial charge on any atom is 0.199 e. The number of benzene rings is 1. The molecule has 0 bridgehead atoms. The van der Waals surface area contributed by atoms with Crippen LogP contribution in [0.15, 0.2) is 17.1 Å². The molecular formula is C22H30ClNO3. The molecule has 1 aromatic carbocycles. The molecule has 1 spiro atoms. The number of Topliss-reactive ketones (excluding diaryl/α,β-unsaturated/α-hetero) is 1. The highest BCUT2D eigenvalue weighted by atomic mass is 35.5. The van der Waals surface area contributed by atoms with Crippen molar-refractivity contribution in [2.75, 3.05) is 13.7 Å². The minimum absolute atomic E-state index is 0.163. The number of aliphatic imine (C=N–C) groups is 1. The van der Waals surface area contributed by atoms with Crippen LogP contribution in [0.4, 0.5) is 0 Å². The van der Waals surface area contributed by atoms with Crippen LogP contribution >= 0.6 is 11.6 Å². The Morgan fingerprint density at radius 3 is 2.56 bits per heavy atom. The van der Waals surface area contributed by atoms with E-state index in [4.69, 9.17) is 26.1 Å². The lowest BCUT2D eigenvalue weighted by atomic mass is 9.75. The second-order valence-electron chi connectivity index (χ2n) is 8.08. The van der Waals surface area contributed by atoms with Crippen LogP contribution in [-0.2, 0) is 16.0 Å². The number of ketones is 1. The lowest BCUT2D eigenvalue weighted by Crippen LogP contribution is -2.38. The number of rotatable bonds is 5. The Labute approximate surface area is 167 Å². The molecule has 0 amide bonds. The van der Waals surface area contributed by atoms with Gasteiger partial charge < -0.3 is 9.47 Å². The Hall–Kier alpha value is -1.55. The molecule has 1 aromatic rings. The summed E-state index contributed by atoms with van der Waals surface area (Å²) < 4.78 is 11.7. The molecule has 4 nitrogen and oxygen atoms in total. The number of hydrogen-bond donors (Lipinski definition) is 0. The second kappa shape index (κ2) is 8.22. The topological polar surface area (TPSA) is 47.9 Å². The number of halogens is 1. The number of methoxy groups -OCH3 is 1. The number of ether oxygens (including phenoxy) is 2. The predicted octanol–water partition coefficient (Wildman–Crippen LogP) is 5.35. The molecule has 1 aliphatic heterocycles. The molecule has 0 N–H and O–H groups in total. The van der Waals surface area contributed by atoms with E-state index in [1.54, 1.807) is 13.2 Å². The van der Waals surface area contributed by atoms with Gasteiger partial charge in [0.2, 0.25) is 0 Å². The van der Waals surface area contributed by atoms with Crippen molar-refractivity contribution < 1.29 is 14.3 Å². The van der Waals surface area contributed by atoms with Gasteiger partial charge in [-0.3, -0.25) is 4.79 Å². The van der Waals surface area contributed by atoms with Crippen LogP contribution < -0.4 is 4.74 Å². The number of carbonyl (C=O) groups is 1. The molecule has 0 radical (unpaired) electrons. The Kier molecular flexibility index (Phi) is 6.15. The van der Waals surface area contributed by atoms with Gasteiger partial charge >= 0.3 is 0 Å². The van der Waals surface area contributed by atoms with Gasteiger partial charge in [-0.2, -0.15) is 0 Å². The summed E-state index contributed by atoms with van der Waals surface area (Å²) in [4.78, 5) is 18.6. The molecule has 0 saturated heterocycles. The van der Waals surface area contributed by atoms with Crippen molar-refractivity contribution in [3.63, 3.8) is 0 Å². The Bertz CT molecular complexity index is 710. The zero-order valence-corrected chi connectivity index (χ0v) is 17.6. The Morgan fingerprint density at radius 1 is 1.26 bits per heavy atom. The number of nitrogens with zero attached hydrogens (tertiary/aromatic N) is 1. The van der Waals surface area contributed by atoms with E-state index in [1.807, 2.05) is 6.07 Å². The quantitative estimate of drug-likeness (QED) is 0.679. The van der Waals surface area contributed by atoms with Crippen molar-refractivity contribution in [3.8, 4) is 5.75 Å². The fourth-order valence-corrected chi connectivity index (χ4v) is 4.50. The smallest absolute Gasteiger partial charge is 0.199 e. The van der Waals surface area contributed by atoms with Crippen LogP contribution in [0.2, 0.25) is 5.02 Å². The summed E-state index contributed by atoms with van der Waals surface area (Å²) in [5, 5.41) is 0.617. The first-order chi connectivity index (χ1) is 12.9. The molecule has 1 saturated carbocycles. The average molecular weight is 392 g/mol. The Morgan fingerprint density at radius 2 is 1.96 bits per heavy atom. The molecular weight excluding hydrogens is 362 g/mol. The fraction of sp³-hybridized carbons (Fsp3) is 0.636. The highest BCUT2D eigenvalue weighted by Crippen LogP contribution is 2.46. The molecule has 3 rings (SSSR count). The maximum absolute atomic E-state index is 13.7. The Balaban J connectivity index is 2.09. The minimum Gasteiger partial charge on any atom is -0.496 e. The molecule has 0 aromatic heterocycles. The monoisotopic (exact) mass is 391 g/mol. The number of carbonyl (C=O) groups excluding carboxylic acids is 1. The SMILES string of the molecule is CCc1cc(Cl)cc(OC)c1C1C(=O)C2(CCCCC2)N=C1OCC(C)C. The van der Waals surface area contributed by atoms with Crippen LogP contribution in [0.1, 0.15) is 69.9 Å². The van der Waals surface area contributed by atoms with Crippen LogP contribution in [-0.4, -0.2) is 30.9 Å². The molecule has 1 unspecified atom stereocenters. The van der Waals surface area contributed by atoms with E-state index in [2.05, 4.69) is 20.8 Å². The minimum atomic E-state index is -0.620. The van der Waals surface area contributed by atoms with Crippen LogP contribution in [0, 0.1) is 5.92 Å². The lowest BCUT2D eigenvalue weighted by Gasteiger charge is -2.29. The summed E-state index contributed by atoms with van der Waals surface area (Å²) in [6, 6.07) is 3.72. The van der Waals surface area contributed by atoms with E-state index >= 15 is 0 Å². The third-order valence-corrected chi connectivity index (χ3v) is 5.84. The summed E-state index contributed by atoms with van der Waals surface area (Å²) in [6.45, 7) is 6.82. The van der Waals surface area contributed by atoms with E-state index in [-0.39, 0.29) is 5.78 Å². The first-order valence-corrected chi connectivity index (χ1v) is 10.4. The number of hydrogen-bond acceptors (Lipinski definition) is 4. The highest BCUT2D eigenvalue weighted by Gasteiger charge is 2.52. The largest absolute Gasteiger partial charge is 0.496 e. The summed E-state index contributed by atoms with van der Waals surface area (Å²) in [5.74, 6) is 1.24. The van der Waals surface area contributed by atoms with Crippen molar-refractivity contribution in [1.82, 2.24) is 0 Å². The highest BCUT2D eigenvalue weighted by molar-refractivity contribution is 6.31. The molecule has 5 heteroatoms. The third-order valence-electron chi connectivity index (χ3n) is 5.62. The van der Waals surface area contributed by atoms with Gasteiger partial charge in [0.15, 0.2) is 11.7 Å². The zero-order valence-electron chi connectivity index (χ0n) is 16.8. The molecule has 1 heterocycles.